The van der Waals surface area contributed by atoms with Crippen LogP contribution in [0.25, 0.3) is 0 Å². The highest BCUT2D eigenvalue weighted by Gasteiger charge is 2.24. The van der Waals surface area contributed by atoms with E-state index in [-0.39, 0.29) is 0 Å². The third-order valence-electron chi connectivity index (χ3n) is 3.38. The number of thiocarbonyl (C=S) groups is 1. The molecule has 0 aliphatic carbocycles. The Kier molecular flexibility index (Phi) is 4.62. The molecule has 110 valence electrons. The lowest BCUT2D eigenvalue weighted by Gasteiger charge is -2.35. The summed E-state index contributed by atoms with van der Waals surface area (Å²) >= 11 is 5.39. The second-order valence-corrected chi connectivity index (χ2v) is 7.26. The Morgan fingerprint density at radius 3 is 2.35 bits per heavy atom. The van der Waals surface area contributed by atoms with Crippen molar-refractivity contribution in [2.24, 2.45) is 0 Å². The molecule has 0 saturated carbocycles. The van der Waals surface area contributed by atoms with E-state index in [4.69, 9.17) is 12.2 Å². The van der Waals surface area contributed by atoms with Gasteiger partial charge in [0.25, 0.3) is 0 Å². The average Bonchev–Trinajstić information content (AvgIpc) is 2.40. The number of anilines is 1. The number of para-hydroxylation sites is 1. The number of sulfonamides is 1. The lowest BCUT2D eigenvalue weighted by Crippen LogP contribution is -2.51. The van der Waals surface area contributed by atoms with E-state index in [9.17, 15) is 8.42 Å². The van der Waals surface area contributed by atoms with E-state index in [0.717, 1.165) is 11.3 Å². The van der Waals surface area contributed by atoms with Crippen LogP contribution in [0.15, 0.2) is 24.3 Å². The molecule has 20 heavy (non-hydrogen) atoms. The Morgan fingerprint density at radius 2 is 1.80 bits per heavy atom. The molecular formula is C13H19N3O2S2. The second kappa shape index (κ2) is 6.07. The van der Waals surface area contributed by atoms with E-state index < -0.39 is 10.0 Å². The predicted molar refractivity (Wildman–Crippen MR) is 85.4 cm³/mol. The van der Waals surface area contributed by atoms with Gasteiger partial charge in [0.1, 0.15) is 0 Å². The van der Waals surface area contributed by atoms with Gasteiger partial charge in [0.2, 0.25) is 10.0 Å². The monoisotopic (exact) mass is 313 g/mol. The zero-order chi connectivity index (χ0) is 14.8. The van der Waals surface area contributed by atoms with Crippen LogP contribution in [0.1, 0.15) is 5.56 Å². The Bertz CT molecular complexity index is 593. The van der Waals surface area contributed by atoms with Gasteiger partial charge in [-0.3, -0.25) is 0 Å². The van der Waals surface area contributed by atoms with E-state index in [0.29, 0.717) is 31.3 Å². The molecule has 0 unspecified atom stereocenters. The van der Waals surface area contributed by atoms with Gasteiger partial charge in [-0.1, -0.05) is 18.2 Å². The van der Waals surface area contributed by atoms with Gasteiger partial charge in [0.05, 0.1) is 6.26 Å². The molecule has 1 heterocycles. The normalized spacial score (nSPS) is 17.0. The van der Waals surface area contributed by atoms with Crippen LogP contribution in [0, 0.1) is 6.92 Å². The van der Waals surface area contributed by atoms with Crippen molar-refractivity contribution in [2.75, 3.05) is 37.8 Å². The minimum Gasteiger partial charge on any atom is -0.346 e. The van der Waals surface area contributed by atoms with E-state index >= 15 is 0 Å². The highest BCUT2D eigenvalue weighted by atomic mass is 32.2. The van der Waals surface area contributed by atoms with Gasteiger partial charge in [-0.15, -0.1) is 0 Å². The van der Waals surface area contributed by atoms with Crippen molar-refractivity contribution in [2.45, 2.75) is 6.92 Å². The molecule has 1 fully saturated rings. The fourth-order valence-corrected chi connectivity index (χ4v) is 3.25. The van der Waals surface area contributed by atoms with Gasteiger partial charge in [-0.2, -0.15) is 4.31 Å². The number of rotatable bonds is 2. The van der Waals surface area contributed by atoms with Crippen molar-refractivity contribution in [3.63, 3.8) is 0 Å². The quantitative estimate of drug-likeness (QED) is 0.833. The van der Waals surface area contributed by atoms with Crippen molar-refractivity contribution in [1.82, 2.24) is 9.21 Å². The first-order valence-electron chi connectivity index (χ1n) is 6.44. The third kappa shape index (κ3) is 3.68. The summed E-state index contributed by atoms with van der Waals surface area (Å²) in [7, 11) is -3.10. The van der Waals surface area contributed by atoms with Crippen LogP contribution in [-0.4, -0.2) is 55.2 Å². The number of hydrogen-bond acceptors (Lipinski definition) is 3. The summed E-state index contributed by atoms with van der Waals surface area (Å²) in [6.07, 6.45) is 1.24. The summed E-state index contributed by atoms with van der Waals surface area (Å²) < 4.78 is 24.4. The molecule has 7 heteroatoms. The molecule has 1 aliphatic heterocycles. The lowest BCUT2D eigenvalue weighted by molar-refractivity contribution is 0.270. The Balaban J connectivity index is 1.94. The molecular weight excluding hydrogens is 294 g/mol. The molecule has 2 rings (SSSR count). The van der Waals surface area contributed by atoms with Crippen molar-refractivity contribution < 1.29 is 8.42 Å². The van der Waals surface area contributed by atoms with E-state index in [1.165, 1.54) is 10.6 Å². The topological polar surface area (TPSA) is 52.6 Å². The van der Waals surface area contributed by atoms with E-state index in [1.54, 1.807) is 0 Å². The SMILES string of the molecule is Cc1ccccc1NC(=S)N1CCN(S(C)(=O)=O)CC1. The van der Waals surface area contributed by atoms with Crippen LogP contribution in [0.4, 0.5) is 5.69 Å². The molecule has 1 aromatic rings. The first-order valence-corrected chi connectivity index (χ1v) is 8.70. The Morgan fingerprint density at radius 1 is 1.20 bits per heavy atom. The van der Waals surface area contributed by atoms with Gasteiger partial charge in [0, 0.05) is 31.9 Å². The van der Waals surface area contributed by atoms with Gasteiger partial charge in [-0.25, -0.2) is 8.42 Å². The first kappa shape index (κ1) is 15.2. The molecule has 0 radical (unpaired) electrons. The maximum atomic E-state index is 11.5. The summed E-state index contributed by atoms with van der Waals surface area (Å²) in [5.74, 6) is 0. The number of nitrogens with one attached hydrogen (secondary N) is 1. The molecule has 1 N–H and O–H groups in total. The maximum absolute atomic E-state index is 11.5. The Hall–Kier alpha value is -1.18. The summed E-state index contributed by atoms with van der Waals surface area (Å²) in [5, 5.41) is 3.87. The molecule has 1 saturated heterocycles. The smallest absolute Gasteiger partial charge is 0.211 e. The van der Waals surface area contributed by atoms with Crippen LogP contribution < -0.4 is 5.32 Å². The minimum absolute atomic E-state index is 0.481. The number of hydrogen-bond donors (Lipinski definition) is 1. The maximum Gasteiger partial charge on any atom is 0.211 e. The number of nitrogens with zero attached hydrogens (tertiary/aromatic N) is 2. The molecule has 0 aromatic heterocycles. The highest BCUT2D eigenvalue weighted by Crippen LogP contribution is 2.15. The summed E-state index contributed by atoms with van der Waals surface area (Å²) in [4.78, 5) is 2.00. The number of aryl methyl sites for hydroxylation is 1. The average molecular weight is 313 g/mol. The van der Waals surface area contributed by atoms with Crippen LogP contribution >= 0.6 is 12.2 Å². The van der Waals surface area contributed by atoms with E-state index in [2.05, 4.69) is 5.32 Å². The third-order valence-corrected chi connectivity index (χ3v) is 5.04. The molecule has 0 spiro atoms. The second-order valence-electron chi connectivity index (χ2n) is 4.89. The zero-order valence-electron chi connectivity index (χ0n) is 11.7. The first-order chi connectivity index (χ1) is 9.38. The van der Waals surface area contributed by atoms with E-state index in [1.807, 2.05) is 36.1 Å². The summed E-state index contributed by atoms with van der Waals surface area (Å²) in [5.41, 5.74) is 2.12. The van der Waals surface area contributed by atoms with Crippen molar-refractivity contribution >= 4 is 33.0 Å². The highest BCUT2D eigenvalue weighted by molar-refractivity contribution is 7.88. The Labute approximate surface area is 125 Å². The fraction of sp³-hybridized carbons (Fsp3) is 0.462. The van der Waals surface area contributed by atoms with Gasteiger partial charge in [0.15, 0.2) is 5.11 Å². The van der Waals surface area contributed by atoms with Crippen molar-refractivity contribution in [3.8, 4) is 0 Å². The van der Waals surface area contributed by atoms with Crippen LogP contribution in [0.3, 0.4) is 0 Å². The van der Waals surface area contributed by atoms with Crippen LogP contribution in [0.2, 0.25) is 0 Å². The molecule has 0 amide bonds. The number of benzene rings is 1. The molecule has 1 aromatic carbocycles. The minimum atomic E-state index is -3.10. The van der Waals surface area contributed by atoms with Crippen molar-refractivity contribution in [3.05, 3.63) is 29.8 Å². The standard InChI is InChI=1S/C13H19N3O2S2/c1-11-5-3-4-6-12(11)14-13(19)15-7-9-16(10-8-15)20(2,17)18/h3-6H,7-10H2,1-2H3,(H,14,19). The largest absolute Gasteiger partial charge is 0.346 e. The summed E-state index contributed by atoms with van der Waals surface area (Å²) in [6, 6.07) is 7.94. The molecule has 0 atom stereocenters. The van der Waals surface area contributed by atoms with Gasteiger partial charge < -0.3 is 10.2 Å². The molecule has 5 nitrogen and oxygen atoms in total. The predicted octanol–water partition coefficient (Wildman–Crippen LogP) is 1.27. The fourth-order valence-electron chi connectivity index (χ4n) is 2.13. The number of piperazine rings is 1. The summed E-state index contributed by atoms with van der Waals surface area (Å²) in [6.45, 7) is 4.21. The van der Waals surface area contributed by atoms with Crippen molar-refractivity contribution in [1.29, 1.82) is 0 Å². The van der Waals surface area contributed by atoms with Gasteiger partial charge >= 0.3 is 0 Å². The van der Waals surface area contributed by atoms with Crippen LogP contribution in [0.5, 0.6) is 0 Å². The zero-order valence-corrected chi connectivity index (χ0v) is 13.3. The molecule has 1 aliphatic rings. The van der Waals surface area contributed by atoms with Gasteiger partial charge in [-0.05, 0) is 30.8 Å². The van der Waals surface area contributed by atoms with Crippen LogP contribution in [-0.2, 0) is 10.0 Å². The molecule has 0 bridgehead atoms. The lowest BCUT2D eigenvalue weighted by atomic mass is 10.2.